The second kappa shape index (κ2) is 8.92. The van der Waals surface area contributed by atoms with Gasteiger partial charge in [-0.25, -0.2) is 0 Å². The first-order valence-corrected chi connectivity index (χ1v) is 12.5. The lowest BCUT2D eigenvalue weighted by atomic mass is 9.79. The molecule has 0 saturated heterocycles. The Labute approximate surface area is 172 Å². The van der Waals surface area contributed by atoms with Gasteiger partial charge < -0.3 is 0 Å². The zero-order chi connectivity index (χ0) is 18.6. The first kappa shape index (κ1) is 19.2. The van der Waals surface area contributed by atoms with Crippen molar-refractivity contribution in [2.75, 3.05) is 0 Å². The number of fused-ring (bicyclic) bond motifs is 1. The fourth-order valence-corrected chi connectivity index (χ4v) is 6.99. The number of hydrogen-bond acceptors (Lipinski definition) is 2. The predicted molar refractivity (Wildman–Crippen MR) is 123 cm³/mol. The average molecular weight is 397 g/mol. The van der Waals surface area contributed by atoms with Crippen LogP contribution < -0.4 is 0 Å². The van der Waals surface area contributed by atoms with Crippen molar-refractivity contribution in [3.05, 3.63) is 46.8 Å². The van der Waals surface area contributed by atoms with Gasteiger partial charge in [0.15, 0.2) is 0 Å². The van der Waals surface area contributed by atoms with Gasteiger partial charge in [-0.3, -0.25) is 0 Å². The zero-order valence-electron chi connectivity index (χ0n) is 16.8. The highest BCUT2D eigenvalue weighted by Gasteiger charge is 2.20. The molecule has 2 aromatic heterocycles. The Hall–Kier alpha value is -1.12. The van der Waals surface area contributed by atoms with E-state index in [1.54, 1.807) is 4.88 Å². The van der Waals surface area contributed by atoms with Crippen LogP contribution in [0.5, 0.6) is 0 Å². The molecule has 144 valence electrons. The highest BCUT2D eigenvalue weighted by Crippen LogP contribution is 2.40. The third kappa shape index (κ3) is 4.66. The molecule has 1 aromatic carbocycles. The van der Waals surface area contributed by atoms with Crippen LogP contribution in [-0.4, -0.2) is 0 Å². The molecule has 2 heteroatoms. The molecule has 0 aliphatic heterocycles. The predicted octanol–water partition coefficient (Wildman–Crippen LogP) is 8.73. The third-order valence-electron chi connectivity index (χ3n) is 6.38. The molecule has 0 N–H and O–H groups in total. The number of benzene rings is 1. The number of hydrogen-bond donors (Lipinski definition) is 0. The van der Waals surface area contributed by atoms with Crippen LogP contribution in [0.1, 0.15) is 69.2 Å². The maximum atomic E-state index is 2.47. The second-order valence-corrected chi connectivity index (χ2v) is 10.6. The lowest BCUT2D eigenvalue weighted by Gasteiger charge is -2.27. The van der Waals surface area contributed by atoms with Gasteiger partial charge in [-0.05, 0) is 54.4 Å². The van der Waals surface area contributed by atoms with Crippen LogP contribution in [0.25, 0.3) is 19.8 Å². The molecule has 27 heavy (non-hydrogen) atoms. The zero-order valence-corrected chi connectivity index (χ0v) is 18.4. The van der Waals surface area contributed by atoms with Crippen molar-refractivity contribution in [3.63, 3.8) is 0 Å². The summed E-state index contributed by atoms with van der Waals surface area (Å²) in [7, 11) is 0. The van der Waals surface area contributed by atoms with Crippen molar-refractivity contribution >= 4 is 32.1 Å². The highest BCUT2D eigenvalue weighted by molar-refractivity contribution is 7.29. The Bertz CT molecular complexity index is 813. The number of rotatable bonds is 7. The van der Waals surface area contributed by atoms with Gasteiger partial charge in [0.25, 0.3) is 0 Å². The minimum Gasteiger partial charge on any atom is -0.139 e. The molecular formula is C25H32S2. The van der Waals surface area contributed by atoms with E-state index in [9.17, 15) is 0 Å². The minimum absolute atomic E-state index is 0.977. The van der Waals surface area contributed by atoms with E-state index in [1.807, 2.05) is 22.7 Å². The van der Waals surface area contributed by atoms with Crippen LogP contribution in [0.15, 0.2) is 36.4 Å². The van der Waals surface area contributed by atoms with E-state index in [-0.39, 0.29) is 0 Å². The lowest BCUT2D eigenvalue weighted by Crippen LogP contribution is -2.14. The van der Waals surface area contributed by atoms with Crippen LogP contribution in [-0.2, 0) is 12.8 Å². The monoisotopic (exact) mass is 396 g/mol. The van der Waals surface area contributed by atoms with Crippen molar-refractivity contribution in [2.45, 2.75) is 71.6 Å². The molecule has 4 rings (SSSR count). The molecule has 0 amide bonds. The molecule has 0 radical (unpaired) electrons. The summed E-state index contributed by atoms with van der Waals surface area (Å²) in [6.07, 6.45) is 12.4. The molecule has 3 aromatic rings. The summed E-state index contributed by atoms with van der Waals surface area (Å²) < 4.78 is 2.97. The quantitative estimate of drug-likeness (QED) is 0.374. The SMILES string of the molecule is CCCc1ccc(-c2cc3sc(CC[C@H]4CC[C@H](CC)CC4)cc3s2)cc1. The molecule has 0 spiro atoms. The van der Waals surface area contributed by atoms with Crippen molar-refractivity contribution in [2.24, 2.45) is 11.8 Å². The summed E-state index contributed by atoms with van der Waals surface area (Å²) >= 11 is 3.99. The van der Waals surface area contributed by atoms with E-state index >= 15 is 0 Å². The standard InChI is InChI=1S/C25H32S2/c1-3-5-19-10-13-21(14-11-19)23-17-25-24(27-23)16-22(26-25)15-12-20-8-6-18(4-2)7-9-20/h10-11,13-14,16-18,20H,3-9,12,15H2,1-2H3/t18-,20-. The van der Waals surface area contributed by atoms with E-state index in [0.717, 1.165) is 11.8 Å². The van der Waals surface area contributed by atoms with Gasteiger partial charge in [0.1, 0.15) is 0 Å². The maximum absolute atomic E-state index is 2.47. The Balaban J connectivity index is 1.37. The molecule has 0 bridgehead atoms. The number of thiophene rings is 2. The number of aryl methyl sites for hydroxylation is 2. The van der Waals surface area contributed by atoms with Crippen LogP contribution in [0.4, 0.5) is 0 Å². The second-order valence-electron chi connectivity index (χ2n) is 8.33. The van der Waals surface area contributed by atoms with Gasteiger partial charge in [-0.1, -0.05) is 76.6 Å². The van der Waals surface area contributed by atoms with Gasteiger partial charge >= 0.3 is 0 Å². The fourth-order valence-electron chi connectivity index (χ4n) is 4.55. The van der Waals surface area contributed by atoms with Gasteiger partial charge in [0.05, 0.1) is 0 Å². The summed E-state index contributed by atoms with van der Waals surface area (Å²) in [6, 6.07) is 14.1. The maximum Gasteiger partial charge on any atom is 0.0460 e. The smallest absolute Gasteiger partial charge is 0.0460 e. The third-order valence-corrected chi connectivity index (χ3v) is 8.78. The normalized spacial score (nSPS) is 20.4. The van der Waals surface area contributed by atoms with Crippen molar-refractivity contribution in [1.82, 2.24) is 0 Å². The van der Waals surface area contributed by atoms with E-state index in [1.165, 1.54) is 83.2 Å². The summed E-state index contributed by atoms with van der Waals surface area (Å²) in [6.45, 7) is 4.60. The first-order chi connectivity index (χ1) is 13.2. The summed E-state index contributed by atoms with van der Waals surface area (Å²) in [4.78, 5) is 3.02. The Morgan fingerprint density at radius 2 is 1.52 bits per heavy atom. The molecule has 1 aliphatic rings. The summed E-state index contributed by atoms with van der Waals surface area (Å²) in [5, 5.41) is 0. The van der Waals surface area contributed by atoms with E-state index < -0.39 is 0 Å². The molecule has 1 fully saturated rings. The van der Waals surface area contributed by atoms with E-state index in [2.05, 4.69) is 50.2 Å². The van der Waals surface area contributed by atoms with Crippen LogP contribution in [0, 0.1) is 11.8 Å². The largest absolute Gasteiger partial charge is 0.139 e. The Morgan fingerprint density at radius 1 is 0.815 bits per heavy atom. The van der Waals surface area contributed by atoms with Gasteiger partial charge in [0.2, 0.25) is 0 Å². The van der Waals surface area contributed by atoms with Crippen LogP contribution in [0.3, 0.4) is 0 Å². The molecule has 1 saturated carbocycles. The van der Waals surface area contributed by atoms with Gasteiger partial charge in [-0.15, -0.1) is 22.7 Å². The summed E-state index contributed by atoms with van der Waals surface area (Å²) in [5.74, 6) is 1.99. The topological polar surface area (TPSA) is 0 Å². The van der Waals surface area contributed by atoms with Gasteiger partial charge in [0, 0.05) is 19.2 Å². The average Bonchev–Trinajstić information content (AvgIpc) is 3.26. The Kier molecular flexibility index (Phi) is 6.35. The molecule has 1 aliphatic carbocycles. The lowest BCUT2D eigenvalue weighted by molar-refractivity contribution is 0.259. The van der Waals surface area contributed by atoms with Crippen molar-refractivity contribution in [3.8, 4) is 10.4 Å². The van der Waals surface area contributed by atoms with Gasteiger partial charge in [-0.2, -0.15) is 0 Å². The van der Waals surface area contributed by atoms with Crippen molar-refractivity contribution < 1.29 is 0 Å². The molecule has 0 unspecified atom stereocenters. The fraction of sp³-hybridized carbons (Fsp3) is 0.520. The van der Waals surface area contributed by atoms with Crippen molar-refractivity contribution in [1.29, 1.82) is 0 Å². The summed E-state index contributed by atoms with van der Waals surface area (Å²) in [5.41, 5.74) is 2.83. The minimum atomic E-state index is 0.977. The Morgan fingerprint density at radius 3 is 2.19 bits per heavy atom. The molecule has 2 heterocycles. The molecule has 0 nitrogen and oxygen atoms in total. The highest BCUT2D eigenvalue weighted by atomic mass is 32.1. The van der Waals surface area contributed by atoms with Crippen LogP contribution >= 0.6 is 22.7 Å². The van der Waals surface area contributed by atoms with Crippen LogP contribution in [0.2, 0.25) is 0 Å². The first-order valence-electron chi connectivity index (χ1n) is 10.9. The van der Waals surface area contributed by atoms with E-state index in [4.69, 9.17) is 0 Å². The molecular weight excluding hydrogens is 364 g/mol. The molecule has 0 atom stereocenters. The van der Waals surface area contributed by atoms with E-state index in [0.29, 0.717) is 0 Å².